The number of hydrogen-bond acceptors (Lipinski definition) is 6. The highest BCUT2D eigenvalue weighted by Gasteiger charge is 2.29. The third-order valence-corrected chi connectivity index (χ3v) is 6.74. The highest BCUT2D eigenvalue weighted by molar-refractivity contribution is 8.00. The van der Waals surface area contributed by atoms with Gasteiger partial charge in [-0.1, -0.05) is 51.6 Å². The van der Waals surface area contributed by atoms with E-state index in [1.807, 2.05) is 24.8 Å². The summed E-state index contributed by atoms with van der Waals surface area (Å²) in [7, 11) is 0. The van der Waals surface area contributed by atoms with E-state index in [0.29, 0.717) is 28.7 Å². The number of rotatable bonds is 7. The number of piperidine rings is 1. The van der Waals surface area contributed by atoms with Crippen LogP contribution >= 0.6 is 11.8 Å². The van der Waals surface area contributed by atoms with Crippen molar-refractivity contribution in [3.8, 4) is 5.75 Å². The van der Waals surface area contributed by atoms with Crippen LogP contribution in [0.3, 0.4) is 0 Å². The smallest absolute Gasteiger partial charge is 0.235 e. The van der Waals surface area contributed by atoms with Crippen molar-refractivity contribution in [2.24, 2.45) is 11.8 Å². The summed E-state index contributed by atoms with van der Waals surface area (Å²) in [4.78, 5) is 14.9. The van der Waals surface area contributed by atoms with E-state index in [1.165, 1.54) is 22.9 Å². The highest BCUT2D eigenvalue weighted by atomic mass is 32.2. The van der Waals surface area contributed by atoms with Crippen LogP contribution in [-0.2, 0) is 11.4 Å². The molecule has 1 aromatic heterocycles. The predicted octanol–water partition coefficient (Wildman–Crippen LogP) is 3.99. The fourth-order valence-electron chi connectivity index (χ4n) is 4.18. The number of aryl methyl sites for hydroxylation is 1. The third-order valence-electron chi connectivity index (χ3n) is 5.69. The van der Waals surface area contributed by atoms with Crippen molar-refractivity contribution < 1.29 is 9.53 Å². The quantitative estimate of drug-likeness (QED) is 0.512. The molecule has 2 heterocycles. The van der Waals surface area contributed by atoms with E-state index >= 15 is 0 Å². The van der Waals surface area contributed by atoms with Crippen LogP contribution in [0.2, 0.25) is 0 Å². The van der Waals surface area contributed by atoms with Gasteiger partial charge in [0, 0.05) is 13.1 Å². The zero-order chi connectivity index (χ0) is 22.7. The molecular formula is C23H35N5O2S. The number of amides is 1. The van der Waals surface area contributed by atoms with Gasteiger partial charge in [-0.25, -0.2) is 4.68 Å². The molecule has 3 unspecified atom stereocenters. The largest absolute Gasteiger partial charge is 0.485 e. The van der Waals surface area contributed by atoms with Crippen LogP contribution in [0, 0.1) is 18.8 Å². The number of hydrogen-bond donors (Lipinski definition) is 1. The Labute approximate surface area is 189 Å². The Morgan fingerprint density at radius 2 is 1.90 bits per heavy atom. The van der Waals surface area contributed by atoms with Crippen molar-refractivity contribution in [3.63, 3.8) is 0 Å². The van der Waals surface area contributed by atoms with Gasteiger partial charge in [-0.3, -0.25) is 4.79 Å². The average Bonchev–Trinajstić information content (AvgIpc) is 3.04. The van der Waals surface area contributed by atoms with Crippen molar-refractivity contribution in [2.75, 3.05) is 18.9 Å². The summed E-state index contributed by atoms with van der Waals surface area (Å²) in [5.41, 5.74) is 2.28. The summed E-state index contributed by atoms with van der Waals surface area (Å²) in [5, 5.41) is 8.64. The van der Waals surface area contributed by atoms with E-state index < -0.39 is 0 Å². The van der Waals surface area contributed by atoms with Gasteiger partial charge in [0.15, 0.2) is 5.82 Å². The van der Waals surface area contributed by atoms with Gasteiger partial charge in [0.05, 0.1) is 5.25 Å². The molecule has 7 nitrogen and oxygen atoms in total. The third kappa shape index (κ3) is 5.73. The van der Waals surface area contributed by atoms with E-state index in [9.17, 15) is 4.79 Å². The minimum absolute atomic E-state index is 0.130. The lowest BCUT2D eigenvalue weighted by atomic mass is 9.92. The SMILES string of the molecule is Cc1ccc(C(C)C)c(OCc2nnc(SC(C)C(=O)N3CC(C)CC(C)C3)n2N)c1. The molecule has 1 aromatic carbocycles. The summed E-state index contributed by atoms with van der Waals surface area (Å²) >= 11 is 1.34. The van der Waals surface area contributed by atoms with Crippen LogP contribution in [0.1, 0.15) is 63.9 Å². The maximum absolute atomic E-state index is 12.9. The van der Waals surface area contributed by atoms with E-state index in [0.717, 1.165) is 30.0 Å². The molecule has 31 heavy (non-hydrogen) atoms. The lowest BCUT2D eigenvalue weighted by molar-refractivity contribution is -0.132. The Balaban J connectivity index is 1.64. The van der Waals surface area contributed by atoms with Crippen LogP contribution in [0.15, 0.2) is 23.4 Å². The highest BCUT2D eigenvalue weighted by Crippen LogP contribution is 2.29. The van der Waals surface area contributed by atoms with Gasteiger partial charge < -0.3 is 15.5 Å². The Morgan fingerprint density at radius 3 is 2.55 bits per heavy atom. The van der Waals surface area contributed by atoms with Crippen LogP contribution in [0.25, 0.3) is 0 Å². The number of nitrogens with two attached hydrogens (primary N) is 1. The van der Waals surface area contributed by atoms with Gasteiger partial charge >= 0.3 is 0 Å². The van der Waals surface area contributed by atoms with Gasteiger partial charge in [-0.05, 0) is 55.2 Å². The number of likely N-dealkylation sites (tertiary alicyclic amines) is 1. The first-order valence-corrected chi connectivity index (χ1v) is 11.9. The number of ether oxygens (including phenoxy) is 1. The normalized spacial score (nSPS) is 20.2. The summed E-state index contributed by atoms with van der Waals surface area (Å²) in [6, 6.07) is 6.22. The summed E-state index contributed by atoms with van der Waals surface area (Å²) in [6.45, 7) is 14.5. The molecule has 170 valence electrons. The second-order valence-electron chi connectivity index (χ2n) is 9.20. The molecule has 3 atom stereocenters. The Morgan fingerprint density at radius 1 is 1.23 bits per heavy atom. The van der Waals surface area contributed by atoms with E-state index in [2.05, 4.69) is 50.0 Å². The van der Waals surface area contributed by atoms with E-state index in [-0.39, 0.29) is 17.8 Å². The number of carbonyl (C=O) groups is 1. The van der Waals surface area contributed by atoms with E-state index in [4.69, 9.17) is 10.6 Å². The molecule has 1 amide bonds. The van der Waals surface area contributed by atoms with Crippen LogP contribution in [-0.4, -0.2) is 44.0 Å². The maximum atomic E-state index is 12.9. The first kappa shape index (κ1) is 23.4. The van der Waals surface area contributed by atoms with Crippen molar-refractivity contribution in [2.45, 2.75) is 70.9 Å². The lowest BCUT2D eigenvalue weighted by Crippen LogP contribution is -2.45. The van der Waals surface area contributed by atoms with E-state index in [1.54, 1.807) is 0 Å². The van der Waals surface area contributed by atoms with Crippen LogP contribution in [0.5, 0.6) is 5.75 Å². The fraction of sp³-hybridized carbons (Fsp3) is 0.609. The van der Waals surface area contributed by atoms with Gasteiger partial charge in [-0.2, -0.15) is 0 Å². The molecular weight excluding hydrogens is 410 g/mol. The van der Waals surface area contributed by atoms with Crippen molar-refractivity contribution in [3.05, 3.63) is 35.2 Å². The molecule has 0 aliphatic carbocycles. The fourth-order valence-corrected chi connectivity index (χ4v) is 5.05. The molecule has 3 rings (SSSR count). The summed E-state index contributed by atoms with van der Waals surface area (Å²) < 4.78 is 7.47. The minimum atomic E-state index is -0.276. The number of nitrogen functional groups attached to an aromatic ring is 1. The number of thioether (sulfide) groups is 1. The second kappa shape index (κ2) is 9.94. The Kier molecular flexibility index (Phi) is 7.51. The molecule has 0 bridgehead atoms. The molecule has 0 spiro atoms. The summed E-state index contributed by atoms with van der Waals surface area (Å²) in [6.07, 6.45) is 1.17. The second-order valence-corrected chi connectivity index (χ2v) is 10.5. The molecule has 1 aliphatic rings. The van der Waals surface area contributed by atoms with Crippen molar-refractivity contribution in [1.82, 2.24) is 19.8 Å². The molecule has 1 saturated heterocycles. The first-order valence-electron chi connectivity index (χ1n) is 11.0. The van der Waals surface area contributed by atoms with Gasteiger partial charge in [0.1, 0.15) is 12.4 Å². The Hall–Kier alpha value is -2.22. The molecule has 0 saturated carbocycles. The molecule has 2 aromatic rings. The van der Waals surface area contributed by atoms with Gasteiger partial charge in [0.25, 0.3) is 0 Å². The van der Waals surface area contributed by atoms with Crippen LogP contribution in [0.4, 0.5) is 0 Å². The molecule has 0 radical (unpaired) electrons. The number of aromatic nitrogens is 3. The molecule has 1 aliphatic heterocycles. The lowest BCUT2D eigenvalue weighted by Gasteiger charge is -2.36. The standard InChI is InChI=1S/C23H35N5O2S/c1-14(2)19-8-7-15(3)10-20(19)30-13-21-25-26-23(28(21)24)31-18(6)22(29)27-11-16(4)9-17(5)12-27/h7-8,10,14,16-18H,9,11-13,24H2,1-6H3. The van der Waals surface area contributed by atoms with Crippen LogP contribution < -0.4 is 10.6 Å². The zero-order valence-electron chi connectivity index (χ0n) is 19.5. The topological polar surface area (TPSA) is 86.3 Å². The average molecular weight is 446 g/mol. The first-order chi connectivity index (χ1) is 14.7. The van der Waals surface area contributed by atoms with Crippen molar-refractivity contribution in [1.29, 1.82) is 0 Å². The molecule has 8 heteroatoms. The Bertz CT molecular complexity index is 903. The zero-order valence-corrected chi connectivity index (χ0v) is 20.3. The minimum Gasteiger partial charge on any atom is -0.485 e. The number of carbonyl (C=O) groups excluding carboxylic acids is 1. The van der Waals surface area contributed by atoms with Gasteiger partial charge in [0.2, 0.25) is 11.1 Å². The number of benzene rings is 1. The molecule has 1 fully saturated rings. The van der Waals surface area contributed by atoms with Crippen molar-refractivity contribution >= 4 is 17.7 Å². The van der Waals surface area contributed by atoms with Gasteiger partial charge in [-0.15, -0.1) is 10.2 Å². The molecule has 2 N–H and O–H groups in total. The monoisotopic (exact) mass is 445 g/mol. The predicted molar refractivity (Wildman–Crippen MR) is 125 cm³/mol. The maximum Gasteiger partial charge on any atom is 0.235 e. The summed E-state index contributed by atoms with van der Waals surface area (Å²) in [5.74, 6) is 9.14. The number of nitrogens with zero attached hydrogens (tertiary/aromatic N) is 4.